The van der Waals surface area contributed by atoms with E-state index in [-0.39, 0.29) is 36.9 Å². The van der Waals surface area contributed by atoms with Crippen molar-refractivity contribution >= 4 is 17.8 Å². The fourth-order valence-corrected chi connectivity index (χ4v) is 2.16. The molecule has 0 saturated carbocycles. The fraction of sp³-hybridized carbons (Fsp3) is 0.786. The van der Waals surface area contributed by atoms with Gasteiger partial charge in [0.1, 0.15) is 12.2 Å². The standard InChI is InChI=1S/C14H23NO5/c1-4-19-13(17)9-12(16)11-5-7-15(8-6-11)14(18)20-10(2)3/h10-11H,4-9H2,1-3H3. The van der Waals surface area contributed by atoms with Crippen molar-refractivity contribution in [3.8, 4) is 0 Å². The second-order valence-electron chi connectivity index (χ2n) is 5.14. The van der Waals surface area contributed by atoms with E-state index in [9.17, 15) is 14.4 Å². The Hall–Kier alpha value is -1.59. The third-order valence-electron chi connectivity index (χ3n) is 3.17. The summed E-state index contributed by atoms with van der Waals surface area (Å²) < 4.78 is 9.87. The van der Waals surface area contributed by atoms with E-state index in [1.807, 2.05) is 0 Å². The van der Waals surface area contributed by atoms with Crippen LogP contribution in [-0.2, 0) is 19.1 Å². The van der Waals surface area contributed by atoms with Crippen LogP contribution in [0.15, 0.2) is 0 Å². The smallest absolute Gasteiger partial charge is 0.410 e. The van der Waals surface area contributed by atoms with Gasteiger partial charge < -0.3 is 14.4 Å². The predicted octanol–water partition coefficient (Wildman–Crippen LogP) is 1.77. The molecule has 0 radical (unpaired) electrons. The quantitative estimate of drug-likeness (QED) is 0.568. The molecule has 1 fully saturated rings. The molecule has 6 heteroatoms. The van der Waals surface area contributed by atoms with Gasteiger partial charge in [0.15, 0.2) is 0 Å². The molecule has 114 valence electrons. The maximum atomic E-state index is 11.9. The minimum atomic E-state index is -0.473. The van der Waals surface area contributed by atoms with E-state index >= 15 is 0 Å². The molecule has 1 aliphatic heterocycles. The zero-order valence-electron chi connectivity index (χ0n) is 12.4. The van der Waals surface area contributed by atoms with Crippen molar-refractivity contribution < 1.29 is 23.9 Å². The van der Waals surface area contributed by atoms with E-state index in [0.717, 1.165) is 0 Å². The van der Waals surface area contributed by atoms with Crippen LogP contribution in [0.2, 0.25) is 0 Å². The lowest BCUT2D eigenvalue weighted by molar-refractivity contribution is -0.146. The minimum absolute atomic E-state index is 0.0969. The van der Waals surface area contributed by atoms with Gasteiger partial charge in [0, 0.05) is 19.0 Å². The Bertz CT molecular complexity index is 359. The SMILES string of the molecule is CCOC(=O)CC(=O)C1CCN(C(=O)OC(C)C)CC1. The van der Waals surface area contributed by atoms with Gasteiger partial charge in [-0.3, -0.25) is 9.59 Å². The number of amides is 1. The lowest BCUT2D eigenvalue weighted by atomic mass is 9.91. The second kappa shape index (κ2) is 7.87. The summed E-state index contributed by atoms with van der Waals surface area (Å²) in [4.78, 5) is 36.5. The molecule has 0 bridgehead atoms. The van der Waals surface area contributed by atoms with Gasteiger partial charge in [-0.1, -0.05) is 0 Å². The molecule has 0 aromatic carbocycles. The number of carbonyl (C=O) groups is 3. The number of Topliss-reactive ketones (excluding diaryl/α,β-unsaturated/α-hetero) is 1. The normalized spacial score (nSPS) is 16.1. The summed E-state index contributed by atoms with van der Waals surface area (Å²) in [5, 5.41) is 0. The summed E-state index contributed by atoms with van der Waals surface area (Å²) in [6.45, 7) is 6.57. The minimum Gasteiger partial charge on any atom is -0.466 e. The topological polar surface area (TPSA) is 72.9 Å². The van der Waals surface area contributed by atoms with Crippen molar-refractivity contribution in [2.45, 2.75) is 46.1 Å². The van der Waals surface area contributed by atoms with Crippen LogP contribution in [0, 0.1) is 5.92 Å². The number of piperidine rings is 1. The maximum absolute atomic E-state index is 11.9. The van der Waals surface area contributed by atoms with Gasteiger partial charge in [0.2, 0.25) is 0 Å². The third kappa shape index (κ3) is 5.19. The van der Waals surface area contributed by atoms with Crippen molar-refractivity contribution in [1.82, 2.24) is 4.90 Å². The monoisotopic (exact) mass is 285 g/mol. The molecule has 1 heterocycles. The Kier molecular flexibility index (Phi) is 6.48. The first-order valence-corrected chi connectivity index (χ1v) is 7.08. The van der Waals surface area contributed by atoms with Crippen LogP contribution < -0.4 is 0 Å². The highest BCUT2D eigenvalue weighted by Crippen LogP contribution is 2.20. The van der Waals surface area contributed by atoms with Crippen LogP contribution in [0.3, 0.4) is 0 Å². The van der Waals surface area contributed by atoms with E-state index < -0.39 is 5.97 Å². The second-order valence-corrected chi connectivity index (χ2v) is 5.14. The maximum Gasteiger partial charge on any atom is 0.410 e. The van der Waals surface area contributed by atoms with Gasteiger partial charge in [-0.05, 0) is 33.6 Å². The zero-order valence-corrected chi connectivity index (χ0v) is 12.4. The lowest BCUT2D eigenvalue weighted by Gasteiger charge is -2.31. The molecule has 0 unspecified atom stereocenters. The van der Waals surface area contributed by atoms with E-state index in [1.54, 1.807) is 25.7 Å². The molecular weight excluding hydrogens is 262 g/mol. The Balaban J connectivity index is 2.36. The number of nitrogens with zero attached hydrogens (tertiary/aromatic N) is 1. The van der Waals surface area contributed by atoms with Crippen molar-refractivity contribution in [3.63, 3.8) is 0 Å². The average Bonchev–Trinajstić information content (AvgIpc) is 2.38. The molecule has 20 heavy (non-hydrogen) atoms. The molecule has 1 saturated heterocycles. The third-order valence-corrected chi connectivity index (χ3v) is 3.17. The lowest BCUT2D eigenvalue weighted by Crippen LogP contribution is -2.41. The number of hydrogen-bond acceptors (Lipinski definition) is 5. The number of ketones is 1. The summed E-state index contributed by atoms with van der Waals surface area (Å²) in [5.74, 6) is -0.734. The molecule has 0 atom stereocenters. The summed E-state index contributed by atoms with van der Waals surface area (Å²) in [5.41, 5.74) is 0. The van der Waals surface area contributed by atoms with Gasteiger partial charge in [0.25, 0.3) is 0 Å². The van der Waals surface area contributed by atoms with Gasteiger partial charge in [-0.25, -0.2) is 4.79 Å². The van der Waals surface area contributed by atoms with E-state index in [0.29, 0.717) is 25.9 Å². The van der Waals surface area contributed by atoms with Crippen molar-refractivity contribution in [2.75, 3.05) is 19.7 Å². The van der Waals surface area contributed by atoms with Crippen LogP contribution in [-0.4, -0.2) is 48.5 Å². The average molecular weight is 285 g/mol. The molecule has 6 nitrogen and oxygen atoms in total. The molecule has 1 rings (SSSR count). The molecular formula is C14H23NO5. The molecule has 0 aliphatic carbocycles. The number of esters is 1. The van der Waals surface area contributed by atoms with Gasteiger partial charge in [-0.15, -0.1) is 0 Å². The summed E-state index contributed by atoms with van der Waals surface area (Å²) in [7, 11) is 0. The Labute approximate surface area is 119 Å². The van der Waals surface area contributed by atoms with Gasteiger partial charge in [0.05, 0.1) is 12.7 Å². The molecule has 1 aliphatic rings. The van der Waals surface area contributed by atoms with Crippen LogP contribution in [0.5, 0.6) is 0 Å². The van der Waals surface area contributed by atoms with Crippen molar-refractivity contribution in [3.05, 3.63) is 0 Å². The molecule has 0 N–H and O–H groups in total. The number of hydrogen-bond donors (Lipinski definition) is 0. The number of rotatable bonds is 5. The van der Waals surface area contributed by atoms with E-state index in [4.69, 9.17) is 9.47 Å². The summed E-state index contributed by atoms with van der Waals surface area (Å²) in [6, 6.07) is 0. The fourth-order valence-electron chi connectivity index (χ4n) is 2.16. The number of carbonyl (C=O) groups excluding carboxylic acids is 3. The first-order chi connectivity index (χ1) is 9.43. The van der Waals surface area contributed by atoms with Crippen molar-refractivity contribution in [1.29, 1.82) is 0 Å². The summed E-state index contributed by atoms with van der Waals surface area (Å²) in [6.07, 6.45) is 0.494. The summed E-state index contributed by atoms with van der Waals surface area (Å²) >= 11 is 0. The Morgan fingerprint density at radius 3 is 2.30 bits per heavy atom. The van der Waals surface area contributed by atoms with Gasteiger partial charge >= 0.3 is 12.1 Å². The predicted molar refractivity (Wildman–Crippen MR) is 72.2 cm³/mol. The Morgan fingerprint density at radius 2 is 1.80 bits per heavy atom. The highest BCUT2D eigenvalue weighted by atomic mass is 16.6. The van der Waals surface area contributed by atoms with Gasteiger partial charge in [-0.2, -0.15) is 0 Å². The van der Waals surface area contributed by atoms with Crippen LogP contribution in [0.25, 0.3) is 0 Å². The highest BCUT2D eigenvalue weighted by Gasteiger charge is 2.29. The molecule has 0 spiro atoms. The molecule has 0 aromatic heterocycles. The number of likely N-dealkylation sites (tertiary alicyclic amines) is 1. The first-order valence-electron chi connectivity index (χ1n) is 7.08. The van der Waals surface area contributed by atoms with Crippen molar-refractivity contribution in [2.24, 2.45) is 5.92 Å². The largest absolute Gasteiger partial charge is 0.466 e. The molecule has 1 amide bonds. The highest BCUT2D eigenvalue weighted by molar-refractivity contribution is 5.96. The first kappa shape index (κ1) is 16.5. The van der Waals surface area contributed by atoms with Crippen LogP contribution in [0.1, 0.15) is 40.0 Å². The van der Waals surface area contributed by atoms with Crippen LogP contribution >= 0.6 is 0 Å². The Morgan fingerprint density at radius 1 is 1.20 bits per heavy atom. The zero-order chi connectivity index (χ0) is 15.1. The van der Waals surface area contributed by atoms with E-state index in [1.165, 1.54) is 0 Å². The van der Waals surface area contributed by atoms with E-state index in [2.05, 4.69) is 0 Å². The number of ether oxygens (including phenoxy) is 2. The molecule has 0 aromatic rings. The van der Waals surface area contributed by atoms with Crippen LogP contribution in [0.4, 0.5) is 4.79 Å².